The van der Waals surface area contributed by atoms with E-state index in [1.54, 1.807) is 0 Å². The number of nitrogens with zero attached hydrogens (tertiary/aromatic N) is 1. The number of carboxylic acid groups (broad SMARTS) is 1. The largest absolute Gasteiger partial charge is 0.477 e. The van der Waals surface area contributed by atoms with Crippen molar-refractivity contribution in [3.05, 3.63) is 15.6 Å². The van der Waals surface area contributed by atoms with Crippen LogP contribution < -0.4 is 0 Å². The molecule has 0 spiro atoms. The first-order valence-corrected chi connectivity index (χ1v) is 4.87. The number of carbonyl (C=O) groups is 1. The molecule has 0 aliphatic heterocycles. The zero-order chi connectivity index (χ0) is 11.6. The summed E-state index contributed by atoms with van der Waals surface area (Å²) < 4.78 is 35.6. The molecule has 7 heteroatoms. The minimum Gasteiger partial charge on any atom is -0.477 e. The SMILES string of the molecule is Cc1nc(CCC(F)(F)F)sc1C(=O)O. The van der Waals surface area contributed by atoms with E-state index < -0.39 is 18.6 Å². The highest BCUT2D eigenvalue weighted by Gasteiger charge is 2.27. The van der Waals surface area contributed by atoms with Crippen LogP contribution in [0.4, 0.5) is 13.2 Å². The van der Waals surface area contributed by atoms with Gasteiger partial charge in [0.25, 0.3) is 0 Å². The Kier molecular flexibility index (Phi) is 3.33. The van der Waals surface area contributed by atoms with Gasteiger partial charge in [-0.15, -0.1) is 11.3 Å². The highest BCUT2D eigenvalue weighted by atomic mass is 32.1. The minimum absolute atomic E-state index is 0.00664. The van der Waals surface area contributed by atoms with Crippen LogP contribution in [-0.4, -0.2) is 22.2 Å². The van der Waals surface area contributed by atoms with Gasteiger partial charge in [-0.2, -0.15) is 13.2 Å². The number of aromatic carboxylic acids is 1. The van der Waals surface area contributed by atoms with Crippen molar-refractivity contribution in [2.45, 2.75) is 25.9 Å². The number of rotatable bonds is 3. The van der Waals surface area contributed by atoms with Crippen LogP contribution in [-0.2, 0) is 6.42 Å². The van der Waals surface area contributed by atoms with Crippen LogP contribution in [0.1, 0.15) is 26.8 Å². The fourth-order valence-electron chi connectivity index (χ4n) is 1.01. The Hall–Kier alpha value is -1.11. The molecule has 0 aliphatic carbocycles. The van der Waals surface area contributed by atoms with Crippen LogP contribution in [0, 0.1) is 6.92 Å². The fraction of sp³-hybridized carbons (Fsp3) is 0.500. The minimum atomic E-state index is -4.23. The third-order valence-corrected chi connectivity index (χ3v) is 2.86. The maximum Gasteiger partial charge on any atom is 0.389 e. The van der Waals surface area contributed by atoms with Gasteiger partial charge in [0.15, 0.2) is 0 Å². The molecule has 0 saturated carbocycles. The average molecular weight is 239 g/mol. The standard InChI is InChI=1S/C8H8F3NO2S/c1-4-6(7(13)14)15-5(12-4)2-3-8(9,10)11/h2-3H2,1H3,(H,13,14). The Labute approximate surface area is 87.6 Å². The van der Waals surface area contributed by atoms with E-state index >= 15 is 0 Å². The number of aromatic nitrogens is 1. The number of aryl methyl sites for hydroxylation is 2. The Bertz CT molecular complexity index is 372. The summed E-state index contributed by atoms with van der Waals surface area (Å²) in [4.78, 5) is 14.4. The van der Waals surface area contributed by atoms with Gasteiger partial charge in [0, 0.05) is 12.8 Å². The van der Waals surface area contributed by atoms with E-state index in [1.165, 1.54) is 6.92 Å². The highest BCUT2D eigenvalue weighted by molar-refractivity contribution is 7.13. The normalized spacial score (nSPS) is 11.7. The summed E-state index contributed by atoms with van der Waals surface area (Å²) in [6.45, 7) is 1.47. The van der Waals surface area contributed by atoms with Crippen LogP contribution in [0.15, 0.2) is 0 Å². The van der Waals surface area contributed by atoms with Crippen LogP contribution in [0.3, 0.4) is 0 Å². The van der Waals surface area contributed by atoms with Crippen LogP contribution in [0.2, 0.25) is 0 Å². The smallest absolute Gasteiger partial charge is 0.389 e. The fourth-order valence-corrected chi connectivity index (χ4v) is 1.91. The van der Waals surface area contributed by atoms with E-state index in [2.05, 4.69) is 4.98 Å². The Morgan fingerprint density at radius 2 is 2.13 bits per heavy atom. The van der Waals surface area contributed by atoms with Crippen molar-refractivity contribution in [2.75, 3.05) is 0 Å². The molecular formula is C8H8F3NO2S. The number of hydrogen-bond acceptors (Lipinski definition) is 3. The van der Waals surface area contributed by atoms with Gasteiger partial charge in [0.1, 0.15) is 4.88 Å². The van der Waals surface area contributed by atoms with Gasteiger partial charge < -0.3 is 5.11 Å². The molecule has 1 aromatic heterocycles. The van der Waals surface area contributed by atoms with Crippen LogP contribution >= 0.6 is 11.3 Å². The van der Waals surface area contributed by atoms with Gasteiger partial charge in [-0.3, -0.25) is 0 Å². The molecule has 0 atom stereocenters. The van der Waals surface area contributed by atoms with Gasteiger partial charge in [-0.1, -0.05) is 0 Å². The number of hydrogen-bond donors (Lipinski definition) is 1. The lowest BCUT2D eigenvalue weighted by Crippen LogP contribution is -2.08. The molecule has 1 rings (SSSR count). The number of halogens is 3. The van der Waals surface area contributed by atoms with Crippen molar-refractivity contribution in [1.82, 2.24) is 4.98 Å². The summed E-state index contributed by atoms with van der Waals surface area (Å²) in [5.41, 5.74) is 0.268. The molecule has 0 aliphatic rings. The van der Waals surface area contributed by atoms with Gasteiger partial charge in [0.2, 0.25) is 0 Å². The summed E-state index contributed by atoms with van der Waals surface area (Å²) in [6, 6.07) is 0. The molecular weight excluding hydrogens is 231 g/mol. The second kappa shape index (κ2) is 4.18. The summed E-state index contributed by atoms with van der Waals surface area (Å²) >= 11 is 0.798. The van der Waals surface area contributed by atoms with Crippen molar-refractivity contribution in [3.8, 4) is 0 Å². The molecule has 1 heterocycles. The topological polar surface area (TPSA) is 50.2 Å². The molecule has 1 N–H and O–H groups in total. The van der Waals surface area contributed by atoms with Crippen molar-refractivity contribution in [2.24, 2.45) is 0 Å². The van der Waals surface area contributed by atoms with Crippen molar-refractivity contribution in [3.63, 3.8) is 0 Å². The van der Waals surface area contributed by atoms with Crippen LogP contribution in [0.25, 0.3) is 0 Å². The van der Waals surface area contributed by atoms with Crippen molar-refractivity contribution in [1.29, 1.82) is 0 Å². The number of carboxylic acids is 1. The molecule has 0 saturated heterocycles. The highest BCUT2D eigenvalue weighted by Crippen LogP contribution is 2.25. The first-order chi connectivity index (χ1) is 6.79. The predicted octanol–water partition coefficient (Wildman–Crippen LogP) is 2.64. The molecule has 0 amide bonds. The van der Waals surface area contributed by atoms with E-state index in [1.807, 2.05) is 0 Å². The maximum atomic E-state index is 11.9. The third kappa shape index (κ3) is 3.50. The van der Waals surface area contributed by atoms with Crippen molar-refractivity contribution < 1.29 is 23.1 Å². The maximum absolute atomic E-state index is 11.9. The summed E-state index contributed by atoms with van der Waals surface area (Å²) in [5.74, 6) is -1.15. The molecule has 0 unspecified atom stereocenters. The predicted molar refractivity (Wildman–Crippen MR) is 48.2 cm³/mol. The van der Waals surface area contributed by atoms with Gasteiger partial charge in [0.05, 0.1) is 10.7 Å². The quantitative estimate of drug-likeness (QED) is 0.882. The molecule has 0 aromatic carbocycles. The van der Waals surface area contributed by atoms with Crippen molar-refractivity contribution >= 4 is 17.3 Å². The third-order valence-electron chi connectivity index (χ3n) is 1.66. The van der Waals surface area contributed by atoms with Gasteiger partial charge >= 0.3 is 12.1 Å². The zero-order valence-corrected chi connectivity index (χ0v) is 8.58. The molecule has 3 nitrogen and oxygen atoms in total. The van der Waals surface area contributed by atoms with E-state index in [4.69, 9.17) is 5.11 Å². The zero-order valence-electron chi connectivity index (χ0n) is 7.76. The Morgan fingerprint density at radius 1 is 1.53 bits per heavy atom. The average Bonchev–Trinajstić information content (AvgIpc) is 2.42. The second-order valence-corrected chi connectivity index (χ2v) is 4.03. The molecule has 15 heavy (non-hydrogen) atoms. The lowest BCUT2D eigenvalue weighted by Gasteiger charge is -2.02. The Morgan fingerprint density at radius 3 is 2.53 bits per heavy atom. The van der Waals surface area contributed by atoms with Gasteiger partial charge in [-0.25, -0.2) is 9.78 Å². The van der Waals surface area contributed by atoms with Gasteiger partial charge in [-0.05, 0) is 6.92 Å². The summed E-state index contributed by atoms with van der Waals surface area (Å²) in [7, 11) is 0. The van der Waals surface area contributed by atoms with Crippen LogP contribution in [0.5, 0.6) is 0 Å². The molecule has 1 aromatic rings. The molecule has 84 valence electrons. The lowest BCUT2D eigenvalue weighted by atomic mass is 10.3. The number of alkyl halides is 3. The second-order valence-electron chi connectivity index (χ2n) is 2.94. The molecule has 0 radical (unpaired) electrons. The summed E-state index contributed by atoms with van der Waals surface area (Å²) in [5, 5.41) is 8.87. The van der Waals surface area contributed by atoms with E-state index in [0.29, 0.717) is 0 Å². The summed E-state index contributed by atoms with van der Waals surface area (Å²) in [6.07, 6.45) is -5.47. The molecule has 0 bridgehead atoms. The van der Waals surface area contributed by atoms with E-state index in [0.717, 1.165) is 11.3 Å². The van der Waals surface area contributed by atoms with E-state index in [-0.39, 0.29) is 22.0 Å². The number of thiazole rings is 1. The molecule has 0 fully saturated rings. The first kappa shape index (κ1) is 12.0. The Balaban J connectivity index is 2.72. The lowest BCUT2D eigenvalue weighted by molar-refractivity contribution is -0.134. The monoisotopic (exact) mass is 239 g/mol. The van der Waals surface area contributed by atoms with E-state index in [9.17, 15) is 18.0 Å². The first-order valence-electron chi connectivity index (χ1n) is 4.06.